The molecule has 2 aliphatic rings. The largest absolute Gasteiger partial charge is 0.469 e. The summed E-state index contributed by atoms with van der Waals surface area (Å²) < 4.78 is 16.6. The van der Waals surface area contributed by atoms with Crippen molar-refractivity contribution in [1.29, 1.82) is 0 Å². The number of hydrogen-bond acceptors (Lipinski definition) is 4. The molecular formula is C19H31N3O3. The maximum absolute atomic E-state index is 5.71. The molecule has 6 nitrogen and oxygen atoms in total. The highest BCUT2D eigenvalue weighted by atomic mass is 16.5. The van der Waals surface area contributed by atoms with Crippen LogP contribution in [0.4, 0.5) is 0 Å². The maximum atomic E-state index is 5.71. The van der Waals surface area contributed by atoms with Crippen molar-refractivity contribution in [2.45, 2.75) is 38.2 Å². The van der Waals surface area contributed by atoms with Gasteiger partial charge in [-0.2, -0.15) is 0 Å². The molecule has 140 valence electrons. The van der Waals surface area contributed by atoms with Gasteiger partial charge in [0.05, 0.1) is 18.9 Å². The normalized spacial score (nSPS) is 22.3. The van der Waals surface area contributed by atoms with Crippen molar-refractivity contribution in [1.82, 2.24) is 10.2 Å². The fourth-order valence-electron chi connectivity index (χ4n) is 3.44. The molecular weight excluding hydrogens is 318 g/mol. The Balaban J connectivity index is 1.52. The summed E-state index contributed by atoms with van der Waals surface area (Å²) in [6.45, 7) is 5.21. The summed E-state index contributed by atoms with van der Waals surface area (Å²) in [7, 11) is 2.13. The number of rotatable bonds is 7. The zero-order chi connectivity index (χ0) is 17.3. The van der Waals surface area contributed by atoms with Crippen LogP contribution < -0.4 is 5.32 Å². The standard InChI is InChI=1S/C19H31N3O3/c1-22(15-16-7-12-23-13-8-16)19(21-14-18-5-3-11-25-18)20-9-6-17-4-2-10-24-17/h2,4,10,16,18H,3,5-9,11-15H2,1H3,(H,20,21). The lowest BCUT2D eigenvalue weighted by Crippen LogP contribution is -2.43. The van der Waals surface area contributed by atoms with Crippen molar-refractivity contribution < 1.29 is 13.9 Å². The third kappa shape index (κ3) is 6.04. The minimum atomic E-state index is 0.276. The molecule has 6 heteroatoms. The van der Waals surface area contributed by atoms with Crippen LogP contribution in [0, 0.1) is 5.92 Å². The second-order valence-corrected chi connectivity index (χ2v) is 6.99. The van der Waals surface area contributed by atoms with E-state index in [9.17, 15) is 0 Å². The van der Waals surface area contributed by atoms with E-state index in [1.807, 2.05) is 12.1 Å². The molecule has 25 heavy (non-hydrogen) atoms. The lowest BCUT2D eigenvalue weighted by atomic mass is 10.00. The predicted octanol–water partition coefficient (Wildman–Crippen LogP) is 2.31. The Hall–Kier alpha value is -1.53. The van der Waals surface area contributed by atoms with Crippen LogP contribution in [-0.4, -0.2) is 63.5 Å². The van der Waals surface area contributed by atoms with Gasteiger partial charge in [0.2, 0.25) is 0 Å². The topological polar surface area (TPSA) is 59.2 Å². The van der Waals surface area contributed by atoms with Crippen LogP contribution in [0.3, 0.4) is 0 Å². The molecule has 1 N–H and O–H groups in total. The van der Waals surface area contributed by atoms with Crippen molar-refractivity contribution >= 4 is 5.96 Å². The summed E-state index contributed by atoms with van der Waals surface area (Å²) in [6, 6.07) is 3.94. The molecule has 3 heterocycles. The van der Waals surface area contributed by atoms with E-state index < -0.39 is 0 Å². The van der Waals surface area contributed by atoms with Crippen LogP contribution in [0.5, 0.6) is 0 Å². The summed E-state index contributed by atoms with van der Waals surface area (Å²) in [4.78, 5) is 7.09. The van der Waals surface area contributed by atoms with Gasteiger partial charge in [0, 0.05) is 46.4 Å². The van der Waals surface area contributed by atoms with Gasteiger partial charge in [-0.3, -0.25) is 4.99 Å². The Morgan fingerprint density at radius 3 is 2.88 bits per heavy atom. The molecule has 3 rings (SSSR count). The summed E-state index contributed by atoms with van der Waals surface area (Å²) in [5.74, 6) is 2.64. The van der Waals surface area contributed by atoms with Crippen molar-refractivity contribution in [2.24, 2.45) is 10.9 Å². The van der Waals surface area contributed by atoms with E-state index >= 15 is 0 Å². The second kappa shape index (κ2) is 9.82. The van der Waals surface area contributed by atoms with Crippen molar-refractivity contribution in [3.63, 3.8) is 0 Å². The number of hydrogen-bond donors (Lipinski definition) is 1. The van der Waals surface area contributed by atoms with Gasteiger partial charge in [-0.25, -0.2) is 0 Å². The monoisotopic (exact) mass is 349 g/mol. The molecule has 1 unspecified atom stereocenters. The number of guanidine groups is 1. The maximum Gasteiger partial charge on any atom is 0.193 e. The third-order valence-electron chi connectivity index (χ3n) is 4.94. The van der Waals surface area contributed by atoms with Gasteiger partial charge in [-0.05, 0) is 43.7 Å². The molecule has 0 amide bonds. The quantitative estimate of drug-likeness (QED) is 0.605. The number of nitrogens with zero attached hydrogens (tertiary/aromatic N) is 2. The molecule has 0 radical (unpaired) electrons. The van der Waals surface area contributed by atoms with E-state index in [1.54, 1.807) is 6.26 Å². The van der Waals surface area contributed by atoms with E-state index in [4.69, 9.17) is 18.9 Å². The first-order chi connectivity index (χ1) is 12.3. The predicted molar refractivity (Wildman–Crippen MR) is 97.9 cm³/mol. The van der Waals surface area contributed by atoms with Crippen LogP contribution in [0.15, 0.2) is 27.8 Å². The second-order valence-electron chi connectivity index (χ2n) is 6.99. The molecule has 0 aliphatic carbocycles. The zero-order valence-corrected chi connectivity index (χ0v) is 15.3. The van der Waals surface area contributed by atoms with E-state index in [0.29, 0.717) is 5.92 Å². The zero-order valence-electron chi connectivity index (χ0n) is 15.3. The van der Waals surface area contributed by atoms with Crippen molar-refractivity contribution in [3.05, 3.63) is 24.2 Å². The average Bonchev–Trinajstić information content (AvgIpc) is 3.32. The van der Waals surface area contributed by atoms with Gasteiger partial charge < -0.3 is 24.1 Å². The minimum Gasteiger partial charge on any atom is -0.469 e. The number of furan rings is 1. The SMILES string of the molecule is CN(CC1CCOCC1)C(=NCC1CCCO1)NCCc1ccco1. The highest BCUT2D eigenvalue weighted by Crippen LogP contribution is 2.16. The molecule has 2 aliphatic heterocycles. The molecule has 0 aromatic carbocycles. The Morgan fingerprint density at radius 1 is 1.28 bits per heavy atom. The van der Waals surface area contributed by atoms with Crippen LogP contribution in [0.25, 0.3) is 0 Å². The Bertz CT molecular complexity index is 506. The minimum absolute atomic E-state index is 0.276. The molecule has 0 spiro atoms. The highest BCUT2D eigenvalue weighted by Gasteiger charge is 2.19. The Labute approximate surface area is 150 Å². The van der Waals surface area contributed by atoms with E-state index in [0.717, 1.165) is 83.3 Å². The van der Waals surface area contributed by atoms with Crippen LogP contribution >= 0.6 is 0 Å². The Morgan fingerprint density at radius 2 is 2.16 bits per heavy atom. The van der Waals surface area contributed by atoms with E-state index in [-0.39, 0.29) is 6.10 Å². The average molecular weight is 349 g/mol. The van der Waals surface area contributed by atoms with Crippen LogP contribution in [-0.2, 0) is 15.9 Å². The third-order valence-corrected chi connectivity index (χ3v) is 4.94. The smallest absolute Gasteiger partial charge is 0.193 e. The lowest BCUT2D eigenvalue weighted by Gasteiger charge is -2.29. The van der Waals surface area contributed by atoms with Crippen LogP contribution in [0.2, 0.25) is 0 Å². The van der Waals surface area contributed by atoms with Gasteiger partial charge >= 0.3 is 0 Å². The molecule has 0 bridgehead atoms. The molecule has 2 saturated heterocycles. The number of aliphatic imine (C=N–C) groups is 1. The molecule has 1 aromatic heterocycles. The van der Waals surface area contributed by atoms with Gasteiger partial charge in [-0.15, -0.1) is 0 Å². The van der Waals surface area contributed by atoms with Gasteiger partial charge in [0.15, 0.2) is 5.96 Å². The molecule has 2 fully saturated rings. The first kappa shape index (κ1) is 18.3. The summed E-state index contributed by atoms with van der Waals surface area (Å²) in [6.07, 6.45) is 7.40. The van der Waals surface area contributed by atoms with Crippen molar-refractivity contribution in [2.75, 3.05) is 46.5 Å². The number of nitrogens with one attached hydrogen (secondary N) is 1. The molecule has 1 atom stereocenters. The molecule has 0 saturated carbocycles. The van der Waals surface area contributed by atoms with Crippen LogP contribution in [0.1, 0.15) is 31.4 Å². The van der Waals surface area contributed by atoms with E-state index in [2.05, 4.69) is 17.3 Å². The summed E-state index contributed by atoms with van der Waals surface area (Å²) >= 11 is 0. The lowest BCUT2D eigenvalue weighted by molar-refractivity contribution is 0.0609. The fraction of sp³-hybridized carbons (Fsp3) is 0.737. The summed E-state index contributed by atoms with van der Waals surface area (Å²) in [5, 5.41) is 3.50. The first-order valence-electron chi connectivity index (χ1n) is 9.52. The fourth-order valence-corrected chi connectivity index (χ4v) is 3.44. The van der Waals surface area contributed by atoms with Gasteiger partial charge in [0.25, 0.3) is 0 Å². The number of ether oxygens (including phenoxy) is 2. The first-order valence-corrected chi connectivity index (χ1v) is 9.52. The van der Waals surface area contributed by atoms with E-state index in [1.165, 1.54) is 0 Å². The Kier molecular flexibility index (Phi) is 7.18. The highest BCUT2D eigenvalue weighted by molar-refractivity contribution is 5.79. The molecule has 1 aromatic rings. The van der Waals surface area contributed by atoms with Gasteiger partial charge in [0.1, 0.15) is 5.76 Å². The summed E-state index contributed by atoms with van der Waals surface area (Å²) in [5.41, 5.74) is 0. The van der Waals surface area contributed by atoms with Crippen molar-refractivity contribution in [3.8, 4) is 0 Å². The van der Waals surface area contributed by atoms with Gasteiger partial charge in [-0.1, -0.05) is 0 Å².